The largest absolute Gasteiger partial charge is 0.495 e. The molecular formula is C16H24Br2N2O. The molecule has 5 heteroatoms. The van der Waals surface area contributed by atoms with Crippen molar-refractivity contribution in [3.05, 3.63) is 26.6 Å². The van der Waals surface area contributed by atoms with Crippen LogP contribution in [0.5, 0.6) is 5.75 Å². The molecule has 1 N–H and O–H groups in total. The van der Waals surface area contributed by atoms with Crippen molar-refractivity contribution in [3.63, 3.8) is 0 Å². The molecule has 21 heavy (non-hydrogen) atoms. The Kier molecular flexibility index (Phi) is 6.99. The van der Waals surface area contributed by atoms with Gasteiger partial charge in [-0.25, -0.2) is 0 Å². The van der Waals surface area contributed by atoms with E-state index in [9.17, 15) is 0 Å². The molecule has 1 aliphatic rings. The fourth-order valence-corrected chi connectivity index (χ4v) is 4.20. The number of likely N-dealkylation sites (tertiary alicyclic amines) is 1. The van der Waals surface area contributed by atoms with Gasteiger partial charge in [0.25, 0.3) is 0 Å². The molecule has 118 valence electrons. The molecule has 1 saturated heterocycles. The topological polar surface area (TPSA) is 24.5 Å². The number of nitrogens with one attached hydrogen (secondary N) is 1. The number of hydrogen-bond acceptors (Lipinski definition) is 3. The van der Waals surface area contributed by atoms with Crippen LogP contribution in [0.2, 0.25) is 0 Å². The van der Waals surface area contributed by atoms with Gasteiger partial charge in [0.15, 0.2) is 0 Å². The van der Waals surface area contributed by atoms with Crippen LogP contribution in [0.4, 0.5) is 0 Å². The summed E-state index contributed by atoms with van der Waals surface area (Å²) in [7, 11) is 1.71. The standard InChI is InChI=1S/C16H24Br2N2O/c1-12-3-6-20(7-4-12)8-5-19-11-13-9-14(17)10-15(18)16(13)21-2/h9-10,12,19H,3-8,11H2,1-2H3. The fourth-order valence-electron chi connectivity index (χ4n) is 2.72. The molecule has 0 unspecified atom stereocenters. The third kappa shape index (κ3) is 5.23. The fraction of sp³-hybridized carbons (Fsp3) is 0.625. The zero-order chi connectivity index (χ0) is 15.2. The highest BCUT2D eigenvalue weighted by Crippen LogP contribution is 2.32. The van der Waals surface area contributed by atoms with Crippen molar-refractivity contribution in [2.24, 2.45) is 5.92 Å². The van der Waals surface area contributed by atoms with Gasteiger partial charge in [-0.1, -0.05) is 22.9 Å². The quantitative estimate of drug-likeness (QED) is 0.704. The van der Waals surface area contributed by atoms with Crippen LogP contribution in [0.25, 0.3) is 0 Å². The van der Waals surface area contributed by atoms with E-state index in [0.717, 1.165) is 40.2 Å². The van der Waals surface area contributed by atoms with Crippen LogP contribution >= 0.6 is 31.9 Å². The summed E-state index contributed by atoms with van der Waals surface area (Å²) >= 11 is 7.08. The van der Waals surface area contributed by atoms with Crippen LogP contribution < -0.4 is 10.1 Å². The molecular weight excluding hydrogens is 396 g/mol. The van der Waals surface area contributed by atoms with Crippen LogP contribution in [0.3, 0.4) is 0 Å². The molecule has 1 aromatic rings. The van der Waals surface area contributed by atoms with Crippen LogP contribution in [0.1, 0.15) is 25.3 Å². The molecule has 1 aliphatic heterocycles. The van der Waals surface area contributed by atoms with E-state index in [2.05, 4.69) is 55.1 Å². The molecule has 1 fully saturated rings. The highest BCUT2D eigenvalue weighted by Gasteiger charge is 2.15. The van der Waals surface area contributed by atoms with Gasteiger partial charge in [0.1, 0.15) is 5.75 Å². The number of ether oxygens (including phenoxy) is 1. The second kappa shape index (κ2) is 8.51. The molecule has 3 nitrogen and oxygen atoms in total. The third-order valence-corrected chi connectivity index (χ3v) is 5.13. The van der Waals surface area contributed by atoms with Gasteiger partial charge in [0.05, 0.1) is 11.6 Å². The smallest absolute Gasteiger partial charge is 0.137 e. The Morgan fingerprint density at radius 1 is 1.29 bits per heavy atom. The maximum Gasteiger partial charge on any atom is 0.137 e. The summed E-state index contributed by atoms with van der Waals surface area (Å²) < 4.78 is 7.53. The molecule has 0 saturated carbocycles. The van der Waals surface area contributed by atoms with Crippen molar-refractivity contribution in [2.45, 2.75) is 26.3 Å². The lowest BCUT2D eigenvalue weighted by molar-refractivity contribution is 0.193. The Labute approximate surface area is 144 Å². The number of hydrogen-bond donors (Lipinski definition) is 1. The van der Waals surface area contributed by atoms with E-state index in [0.29, 0.717) is 0 Å². The summed E-state index contributed by atoms with van der Waals surface area (Å²) in [5, 5.41) is 3.53. The third-order valence-electron chi connectivity index (χ3n) is 4.09. The van der Waals surface area contributed by atoms with Crippen molar-refractivity contribution < 1.29 is 4.74 Å². The summed E-state index contributed by atoms with van der Waals surface area (Å²) in [5.41, 5.74) is 1.17. The van der Waals surface area contributed by atoms with E-state index in [1.54, 1.807) is 7.11 Å². The summed E-state index contributed by atoms with van der Waals surface area (Å²) in [6.45, 7) is 7.81. The van der Waals surface area contributed by atoms with E-state index in [1.807, 2.05) is 6.07 Å². The van der Waals surface area contributed by atoms with Crippen LogP contribution in [-0.2, 0) is 6.54 Å². The second-order valence-corrected chi connectivity index (χ2v) is 7.55. The molecule has 0 aromatic heterocycles. The van der Waals surface area contributed by atoms with E-state index in [-0.39, 0.29) is 0 Å². The lowest BCUT2D eigenvalue weighted by atomic mass is 9.99. The molecule has 1 heterocycles. The molecule has 0 amide bonds. The first kappa shape index (κ1) is 17.3. The minimum absolute atomic E-state index is 0.825. The van der Waals surface area contributed by atoms with Gasteiger partial charge in [0.2, 0.25) is 0 Å². The summed E-state index contributed by atoms with van der Waals surface area (Å²) in [4.78, 5) is 2.56. The van der Waals surface area contributed by atoms with Gasteiger partial charge >= 0.3 is 0 Å². The zero-order valence-corrected chi connectivity index (χ0v) is 16.0. The van der Waals surface area contributed by atoms with Gasteiger partial charge in [-0.2, -0.15) is 0 Å². The Hall–Kier alpha value is -0.100. The highest BCUT2D eigenvalue weighted by atomic mass is 79.9. The molecule has 0 bridgehead atoms. The summed E-state index contributed by atoms with van der Waals surface area (Å²) in [6, 6.07) is 4.12. The molecule has 1 aromatic carbocycles. The van der Waals surface area contributed by atoms with Crippen LogP contribution in [0.15, 0.2) is 21.1 Å². The molecule has 0 atom stereocenters. The van der Waals surface area contributed by atoms with Gasteiger partial charge in [-0.15, -0.1) is 0 Å². The lowest BCUT2D eigenvalue weighted by Crippen LogP contribution is -2.37. The molecule has 0 aliphatic carbocycles. The number of halogens is 2. The van der Waals surface area contributed by atoms with E-state index in [4.69, 9.17) is 4.74 Å². The van der Waals surface area contributed by atoms with Crippen molar-refractivity contribution in [1.82, 2.24) is 10.2 Å². The first-order valence-corrected chi connectivity index (χ1v) is 9.13. The number of nitrogens with zero attached hydrogens (tertiary/aromatic N) is 1. The van der Waals surface area contributed by atoms with E-state index in [1.165, 1.54) is 31.5 Å². The van der Waals surface area contributed by atoms with Gasteiger partial charge in [-0.05, 0) is 59.9 Å². The van der Waals surface area contributed by atoms with Crippen LogP contribution in [0, 0.1) is 5.92 Å². The maximum atomic E-state index is 5.47. The Balaban J connectivity index is 1.78. The Morgan fingerprint density at radius 3 is 2.67 bits per heavy atom. The lowest BCUT2D eigenvalue weighted by Gasteiger charge is -2.30. The van der Waals surface area contributed by atoms with Gasteiger partial charge in [-0.3, -0.25) is 0 Å². The summed E-state index contributed by atoms with van der Waals surface area (Å²) in [6.07, 6.45) is 2.68. The average molecular weight is 420 g/mol. The summed E-state index contributed by atoms with van der Waals surface area (Å²) in [5.74, 6) is 1.81. The van der Waals surface area contributed by atoms with Crippen molar-refractivity contribution >= 4 is 31.9 Å². The first-order chi connectivity index (χ1) is 10.1. The van der Waals surface area contributed by atoms with Gasteiger partial charge in [0, 0.05) is 29.7 Å². The zero-order valence-electron chi connectivity index (χ0n) is 12.8. The number of methoxy groups -OCH3 is 1. The van der Waals surface area contributed by atoms with Crippen molar-refractivity contribution in [2.75, 3.05) is 33.3 Å². The molecule has 2 rings (SSSR count). The second-order valence-electron chi connectivity index (χ2n) is 5.78. The Morgan fingerprint density at radius 2 is 2.00 bits per heavy atom. The monoisotopic (exact) mass is 418 g/mol. The van der Waals surface area contributed by atoms with E-state index >= 15 is 0 Å². The normalized spacial score (nSPS) is 17.1. The SMILES string of the molecule is COc1c(Br)cc(Br)cc1CNCCN1CCC(C)CC1. The number of benzene rings is 1. The molecule has 0 spiro atoms. The maximum absolute atomic E-state index is 5.47. The average Bonchev–Trinajstić information content (AvgIpc) is 2.45. The first-order valence-electron chi connectivity index (χ1n) is 7.55. The highest BCUT2D eigenvalue weighted by molar-refractivity contribution is 9.11. The van der Waals surface area contributed by atoms with E-state index < -0.39 is 0 Å². The number of piperidine rings is 1. The van der Waals surface area contributed by atoms with Crippen molar-refractivity contribution in [1.29, 1.82) is 0 Å². The Bertz CT molecular complexity index is 460. The minimum atomic E-state index is 0.825. The van der Waals surface area contributed by atoms with Crippen LogP contribution in [-0.4, -0.2) is 38.2 Å². The van der Waals surface area contributed by atoms with Gasteiger partial charge < -0.3 is 15.0 Å². The predicted octanol–water partition coefficient (Wildman–Crippen LogP) is 4.04. The van der Waals surface area contributed by atoms with Crippen molar-refractivity contribution in [3.8, 4) is 5.75 Å². The predicted molar refractivity (Wildman–Crippen MR) is 94.9 cm³/mol. The minimum Gasteiger partial charge on any atom is -0.495 e. The number of rotatable bonds is 6. The molecule has 0 radical (unpaired) electrons.